The van der Waals surface area contributed by atoms with Gasteiger partial charge in [-0.25, -0.2) is 8.78 Å². The summed E-state index contributed by atoms with van der Waals surface area (Å²) < 4.78 is 76.5. The van der Waals surface area contributed by atoms with Crippen molar-refractivity contribution in [1.29, 1.82) is 0 Å². The largest absolute Gasteiger partial charge is 0.573 e. The van der Waals surface area contributed by atoms with Crippen molar-refractivity contribution in [3.05, 3.63) is 90.0 Å². The number of carbonyl (C=O) groups excluding carboxylic acids is 2. The number of carbonyl (C=O) groups is 2. The Morgan fingerprint density at radius 2 is 1.79 bits per heavy atom. The predicted octanol–water partition coefficient (Wildman–Crippen LogP) is 6.59. The molecular weight excluding hydrogens is 561 g/mol. The number of amides is 2. The van der Waals surface area contributed by atoms with Gasteiger partial charge >= 0.3 is 6.36 Å². The molecule has 2 aromatic heterocycles. The third-order valence-corrected chi connectivity index (χ3v) is 6.65. The molecule has 0 bridgehead atoms. The van der Waals surface area contributed by atoms with Crippen LogP contribution in [0.15, 0.2) is 77.5 Å². The second kappa shape index (κ2) is 11.6. The van der Waals surface area contributed by atoms with E-state index < -0.39 is 42.7 Å². The summed E-state index contributed by atoms with van der Waals surface area (Å²) in [7, 11) is 0. The van der Waals surface area contributed by atoms with Crippen LogP contribution in [0.1, 0.15) is 34.5 Å². The van der Waals surface area contributed by atoms with Crippen LogP contribution in [0.3, 0.4) is 0 Å². The third kappa shape index (κ3) is 7.12. The van der Waals surface area contributed by atoms with Gasteiger partial charge in [0.2, 0.25) is 5.91 Å². The number of ether oxygens (including phenoxy) is 1. The van der Waals surface area contributed by atoms with Crippen molar-refractivity contribution < 1.29 is 40.7 Å². The number of rotatable bonds is 7. The van der Waals surface area contributed by atoms with Gasteiger partial charge in [-0.2, -0.15) is 0 Å². The molecule has 7 nitrogen and oxygen atoms in total. The van der Waals surface area contributed by atoms with Gasteiger partial charge in [-0.1, -0.05) is 18.2 Å². The molecule has 0 radical (unpaired) electrons. The number of piperidine rings is 1. The van der Waals surface area contributed by atoms with Crippen LogP contribution in [0.4, 0.5) is 22.0 Å². The van der Waals surface area contributed by atoms with E-state index in [9.17, 15) is 31.5 Å². The molecule has 4 aromatic rings. The van der Waals surface area contributed by atoms with E-state index in [1.807, 2.05) is 0 Å². The van der Waals surface area contributed by atoms with Gasteiger partial charge in [0.1, 0.15) is 5.76 Å². The molecule has 3 heterocycles. The topological polar surface area (TPSA) is 84.7 Å². The first kappa shape index (κ1) is 28.8. The number of alkyl halides is 5. The maximum absolute atomic E-state index is 13.5. The van der Waals surface area contributed by atoms with Crippen molar-refractivity contribution in [3.8, 4) is 16.9 Å². The first-order valence-corrected chi connectivity index (χ1v) is 12.9. The number of furan rings is 1. The first-order valence-electron chi connectivity index (χ1n) is 12.9. The normalized spacial score (nSPS) is 15.2. The maximum atomic E-state index is 13.5. The summed E-state index contributed by atoms with van der Waals surface area (Å²) in [6, 6.07) is 13.8. The molecule has 0 saturated carbocycles. The van der Waals surface area contributed by atoms with Crippen LogP contribution >= 0.6 is 0 Å². The van der Waals surface area contributed by atoms with E-state index in [2.05, 4.69) is 15.0 Å². The zero-order valence-electron chi connectivity index (χ0n) is 22.0. The minimum Gasteiger partial charge on any atom is -0.455 e. The number of halogens is 5. The molecule has 1 N–H and O–H groups in total. The summed E-state index contributed by atoms with van der Waals surface area (Å²) in [5.74, 6) is -4.00. The van der Waals surface area contributed by atoms with E-state index in [0.717, 1.165) is 0 Å². The fraction of sp³-hybridized carbons (Fsp3) is 0.233. The summed E-state index contributed by atoms with van der Waals surface area (Å²) in [5.41, 5.74) is 1.68. The average Bonchev–Trinajstić information content (AvgIpc) is 3.38. The molecule has 1 aliphatic rings. The molecule has 42 heavy (non-hydrogen) atoms. The van der Waals surface area contributed by atoms with E-state index >= 15 is 0 Å². The highest BCUT2D eigenvalue weighted by Crippen LogP contribution is 2.37. The highest BCUT2D eigenvalue weighted by Gasteiger charge is 2.36. The lowest BCUT2D eigenvalue weighted by atomic mass is 10.0. The zero-order valence-corrected chi connectivity index (χ0v) is 22.0. The average molecular weight is 586 g/mol. The van der Waals surface area contributed by atoms with Crippen molar-refractivity contribution >= 4 is 28.9 Å². The van der Waals surface area contributed by atoms with Crippen LogP contribution < -0.4 is 10.1 Å². The summed E-state index contributed by atoms with van der Waals surface area (Å²) in [4.78, 5) is 30.3. The molecular formula is C30H24F5N3O4. The van der Waals surface area contributed by atoms with E-state index in [4.69, 9.17) is 4.42 Å². The predicted molar refractivity (Wildman–Crippen MR) is 144 cm³/mol. The van der Waals surface area contributed by atoms with Crippen LogP contribution in [0.5, 0.6) is 5.75 Å². The number of aromatic nitrogens is 1. The fourth-order valence-corrected chi connectivity index (χ4v) is 4.53. The van der Waals surface area contributed by atoms with Crippen molar-refractivity contribution in [2.45, 2.75) is 31.7 Å². The zero-order chi connectivity index (χ0) is 29.9. The van der Waals surface area contributed by atoms with Crippen LogP contribution in [-0.4, -0.2) is 47.1 Å². The van der Waals surface area contributed by atoms with Gasteiger partial charge in [0.25, 0.3) is 11.8 Å². The second-order valence-electron chi connectivity index (χ2n) is 9.72. The molecule has 1 aliphatic heterocycles. The van der Waals surface area contributed by atoms with Crippen LogP contribution in [0.25, 0.3) is 28.2 Å². The number of pyridine rings is 1. The monoisotopic (exact) mass is 585 g/mol. The van der Waals surface area contributed by atoms with Gasteiger partial charge in [0, 0.05) is 55.4 Å². The number of benzene rings is 2. The van der Waals surface area contributed by atoms with E-state index in [1.165, 1.54) is 35.2 Å². The number of fused-ring (bicyclic) bond motifs is 1. The van der Waals surface area contributed by atoms with Gasteiger partial charge in [-0.05, 0) is 59.2 Å². The van der Waals surface area contributed by atoms with Gasteiger partial charge in [-0.15, -0.1) is 13.2 Å². The Morgan fingerprint density at radius 1 is 1.05 bits per heavy atom. The number of nitrogens with zero attached hydrogens (tertiary/aromatic N) is 2. The van der Waals surface area contributed by atoms with Gasteiger partial charge < -0.3 is 19.4 Å². The molecule has 2 aromatic carbocycles. The summed E-state index contributed by atoms with van der Waals surface area (Å²) in [5, 5.41) is 2.91. The van der Waals surface area contributed by atoms with Gasteiger partial charge in [-0.3, -0.25) is 14.6 Å². The number of likely N-dealkylation sites (tertiary alicyclic amines) is 1. The standard InChI is InChI=1S/C30H24F5N3O4/c31-29(32)9-12-38(13-10-29)28(40)21-6-4-20(5-7-21)22-14-23-15-24(41-27(23)25(16-22)42-30(33,34)35)18-37-26(39)8-3-19-2-1-11-36-17-19/h1-8,11,14-17H,9-10,12-13,18H2,(H,37,39)/b8-3+. The Morgan fingerprint density at radius 3 is 2.45 bits per heavy atom. The van der Waals surface area contributed by atoms with Crippen LogP contribution in [0.2, 0.25) is 0 Å². The van der Waals surface area contributed by atoms with Crippen molar-refractivity contribution in [3.63, 3.8) is 0 Å². The Bertz CT molecular complexity index is 1610. The third-order valence-electron chi connectivity index (χ3n) is 6.65. The Kier molecular flexibility index (Phi) is 7.97. The lowest BCUT2D eigenvalue weighted by molar-refractivity contribution is -0.274. The molecule has 0 aliphatic carbocycles. The minimum atomic E-state index is -4.99. The molecule has 0 atom stereocenters. The molecule has 1 saturated heterocycles. The van der Waals surface area contributed by atoms with Crippen molar-refractivity contribution in [2.75, 3.05) is 13.1 Å². The molecule has 0 spiro atoms. The first-order chi connectivity index (χ1) is 20.0. The summed E-state index contributed by atoms with van der Waals surface area (Å²) in [6.45, 7) is -0.218. The molecule has 1 fully saturated rings. The SMILES string of the molecule is O=C(/C=C/c1cccnc1)NCc1cc2cc(-c3ccc(C(=O)N4CCC(F)(F)CC4)cc3)cc(OC(F)(F)F)c2o1. The Balaban J connectivity index is 1.34. The molecule has 5 rings (SSSR count). The van der Waals surface area contributed by atoms with Crippen LogP contribution in [0, 0.1) is 0 Å². The van der Waals surface area contributed by atoms with Crippen molar-refractivity contribution in [2.24, 2.45) is 0 Å². The van der Waals surface area contributed by atoms with E-state index in [0.29, 0.717) is 22.1 Å². The quantitative estimate of drug-likeness (QED) is 0.195. The number of hydrogen-bond acceptors (Lipinski definition) is 5. The smallest absolute Gasteiger partial charge is 0.455 e. The Labute approximate surface area is 236 Å². The van der Waals surface area contributed by atoms with E-state index in [-0.39, 0.29) is 36.5 Å². The van der Waals surface area contributed by atoms with Crippen LogP contribution in [-0.2, 0) is 11.3 Å². The second-order valence-corrected chi connectivity index (χ2v) is 9.72. The summed E-state index contributed by atoms with van der Waals surface area (Å²) >= 11 is 0. The number of hydrogen-bond donors (Lipinski definition) is 1. The summed E-state index contributed by atoms with van der Waals surface area (Å²) in [6.07, 6.45) is 0.227. The highest BCUT2D eigenvalue weighted by atomic mass is 19.4. The van der Waals surface area contributed by atoms with E-state index in [1.54, 1.807) is 48.8 Å². The molecule has 218 valence electrons. The lowest BCUT2D eigenvalue weighted by Crippen LogP contribution is -2.42. The molecule has 0 unspecified atom stereocenters. The number of nitrogens with one attached hydrogen (secondary N) is 1. The molecule has 12 heteroatoms. The van der Waals surface area contributed by atoms with Gasteiger partial charge in [0.05, 0.1) is 6.54 Å². The minimum absolute atomic E-state index is 0.0630. The van der Waals surface area contributed by atoms with Crippen molar-refractivity contribution in [1.82, 2.24) is 15.2 Å². The van der Waals surface area contributed by atoms with Gasteiger partial charge in [0.15, 0.2) is 11.3 Å². The highest BCUT2D eigenvalue weighted by molar-refractivity contribution is 5.95. The molecule has 2 amide bonds. The Hall–Kier alpha value is -4.74. The maximum Gasteiger partial charge on any atom is 0.573 e. The lowest BCUT2D eigenvalue weighted by Gasteiger charge is -2.31. The fourth-order valence-electron chi connectivity index (χ4n) is 4.53.